The summed E-state index contributed by atoms with van der Waals surface area (Å²) in [6.45, 7) is 6.13. The van der Waals surface area contributed by atoms with E-state index >= 15 is 0 Å². The Kier molecular flexibility index (Phi) is 4.20. The number of nitrogens with zero attached hydrogens (tertiary/aromatic N) is 4. The van der Waals surface area contributed by atoms with Crippen LogP contribution in [0.15, 0.2) is 35.8 Å². The van der Waals surface area contributed by atoms with E-state index in [1.807, 2.05) is 19.1 Å². The molecule has 1 aromatic carbocycles. The van der Waals surface area contributed by atoms with Crippen molar-refractivity contribution in [2.24, 2.45) is 0 Å². The molecule has 0 unspecified atom stereocenters. The fourth-order valence-electron chi connectivity index (χ4n) is 2.23. The molecule has 0 spiro atoms. The molecular weight excluding hydrogens is 310 g/mol. The monoisotopic (exact) mass is 327 g/mol. The normalized spacial score (nSPS) is 11.0. The third kappa shape index (κ3) is 3.14. The fraction of sp³-hybridized carbons (Fsp3) is 0.250. The molecule has 2 aromatic heterocycles. The van der Waals surface area contributed by atoms with Gasteiger partial charge in [0.05, 0.1) is 11.4 Å². The predicted octanol–water partition coefficient (Wildman–Crippen LogP) is 3.41. The summed E-state index contributed by atoms with van der Waals surface area (Å²) in [7, 11) is 0. The highest BCUT2D eigenvalue weighted by molar-refractivity contribution is 7.13. The van der Waals surface area contributed by atoms with Gasteiger partial charge in [0.25, 0.3) is 5.91 Å². The Morgan fingerprint density at radius 2 is 2.00 bits per heavy atom. The number of carbonyl (C=O) groups is 1. The summed E-state index contributed by atoms with van der Waals surface area (Å²) in [5.74, 6) is 0.169. The Hall–Kier alpha value is -2.54. The second-order valence-corrected chi connectivity index (χ2v) is 6.37. The predicted molar refractivity (Wildman–Crippen MR) is 90.3 cm³/mol. The van der Waals surface area contributed by atoms with Crippen LogP contribution in [-0.4, -0.2) is 25.9 Å². The number of aromatic nitrogens is 4. The third-order valence-electron chi connectivity index (χ3n) is 3.57. The molecule has 23 heavy (non-hydrogen) atoms. The van der Waals surface area contributed by atoms with E-state index in [0.29, 0.717) is 22.4 Å². The molecule has 0 atom stereocenters. The van der Waals surface area contributed by atoms with Crippen molar-refractivity contribution >= 4 is 22.4 Å². The van der Waals surface area contributed by atoms with E-state index in [2.05, 4.69) is 46.6 Å². The summed E-state index contributed by atoms with van der Waals surface area (Å²) >= 11 is 1.36. The Bertz CT molecular complexity index is 806. The molecule has 1 N–H and O–H groups in total. The maximum Gasteiger partial charge on any atom is 0.279 e. The molecule has 0 saturated heterocycles. The van der Waals surface area contributed by atoms with Crippen LogP contribution in [0.5, 0.6) is 0 Å². The Morgan fingerprint density at radius 3 is 2.61 bits per heavy atom. The zero-order chi connectivity index (χ0) is 16.4. The van der Waals surface area contributed by atoms with E-state index in [-0.39, 0.29) is 5.91 Å². The lowest BCUT2D eigenvalue weighted by Crippen LogP contribution is -2.14. The highest BCUT2D eigenvalue weighted by atomic mass is 32.1. The molecular formula is C16H17N5OS. The van der Waals surface area contributed by atoms with Crippen LogP contribution in [0.3, 0.4) is 0 Å². The Labute approximate surface area is 138 Å². The largest absolute Gasteiger partial charge is 0.296 e. The van der Waals surface area contributed by atoms with Gasteiger partial charge in [-0.05, 0) is 30.5 Å². The van der Waals surface area contributed by atoms with Gasteiger partial charge < -0.3 is 0 Å². The maximum atomic E-state index is 12.3. The molecule has 0 bridgehead atoms. The van der Waals surface area contributed by atoms with Crippen molar-refractivity contribution in [2.45, 2.75) is 26.7 Å². The number of anilines is 1. The van der Waals surface area contributed by atoms with Gasteiger partial charge in [-0.1, -0.05) is 31.2 Å². The minimum atomic E-state index is -0.303. The van der Waals surface area contributed by atoms with Crippen molar-refractivity contribution in [3.8, 4) is 5.69 Å². The van der Waals surface area contributed by atoms with Gasteiger partial charge in [0.15, 0.2) is 10.8 Å². The number of nitrogens with one attached hydrogen (secondary N) is 1. The first kappa shape index (κ1) is 15.4. The first-order valence-electron chi connectivity index (χ1n) is 7.29. The summed E-state index contributed by atoms with van der Waals surface area (Å²) in [6.07, 6.45) is 1.64. The smallest absolute Gasteiger partial charge is 0.279 e. The molecule has 2 heterocycles. The maximum absolute atomic E-state index is 12.3. The van der Waals surface area contributed by atoms with Gasteiger partial charge in [-0.3, -0.25) is 10.1 Å². The third-order valence-corrected chi connectivity index (χ3v) is 4.26. The van der Waals surface area contributed by atoms with Crippen molar-refractivity contribution in [3.63, 3.8) is 0 Å². The first-order chi connectivity index (χ1) is 11.1. The minimum absolute atomic E-state index is 0.299. The van der Waals surface area contributed by atoms with Gasteiger partial charge in [-0.2, -0.15) is 0 Å². The summed E-state index contributed by atoms with van der Waals surface area (Å²) in [4.78, 5) is 16.3. The van der Waals surface area contributed by atoms with Crippen LogP contribution in [0.4, 0.5) is 5.13 Å². The highest BCUT2D eigenvalue weighted by Gasteiger charge is 2.18. The van der Waals surface area contributed by atoms with E-state index < -0.39 is 0 Å². The number of thiazole rings is 1. The quantitative estimate of drug-likeness (QED) is 0.797. The number of hydrogen-bond donors (Lipinski definition) is 1. The molecule has 0 saturated carbocycles. The van der Waals surface area contributed by atoms with E-state index in [1.54, 1.807) is 16.3 Å². The molecule has 118 valence electrons. The van der Waals surface area contributed by atoms with Crippen molar-refractivity contribution in [3.05, 3.63) is 52.8 Å². The topological polar surface area (TPSA) is 72.7 Å². The van der Waals surface area contributed by atoms with Crippen LogP contribution in [0, 0.1) is 6.92 Å². The van der Waals surface area contributed by atoms with Crippen LogP contribution in [0.1, 0.15) is 41.5 Å². The molecule has 0 aliphatic carbocycles. The molecule has 1 amide bonds. The number of hydrogen-bond acceptors (Lipinski definition) is 5. The van der Waals surface area contributed by atoms with Crippen LogP contribution < -0.4 is 5.32 Å². The SMILES string of the molecule is Cc1c(C(=O)Nc2nccs2)nnn1-c1ccc(C(C)C)cc1. The van der Waals surface area contributed by atoms with Crippen LogP contribution in [-0.2, 0) is 0 Å². The standard InChI is InChI=1S/C16H17N5OS/c1-10(2)12-4-6-13(7-5-12)21-11(3)14(19-20-21)15(22)18-16-17-8-9-23-16/h4-10H,1-3H3,(H,17,18,22). The summed E-state index contributed by atoms with van der Waals surface area (Å²) in [5, 5.41) is 13.2. The summed E-state index contributed by atoms with van der Waals surface area (Å²) < 4.78 is 1.67. The van der Waals surface area contributed by atoms with Gasteiger partial charge in [0.1, 0.15) is 0 Å². The molecule has 0 aliphatic heterocycles. The van der Waals surface area contributed by atoms with Gasteiger partial charge in [-0.25, -0.2) is 9.67 Å². The zero-order valence-electron chi connectivity index (χ0n) is 13.1. The zero-order valence-corrected chi connectivity index (χ0v) is 14.0. The van der Waals surface area contributed by atoms with Gasteiger partial charge in [-0.15, -0.1) is 16.4 Å². The van der Waals surface area contributed by atoms with Gasteiger partial charge in [0.2, 0.25) is 0 Å². The first-order valence-corrected chi connectivity index (χ1v) is 8.17. The van der Waals surface area contributed by atoms with Crippen LogP contribution >= 0.6 is 11.3 Å². The molecule has 3 rings (SSSR count). The minimum Gasteiger partial charge on any atom is -0.296 e. The lowest BCUT2D eigenvalue weighted by Gasteiger charge is -2.07. The second kappa shape index (κ2) is 6.29. The van der Waals surface area contributed by atoms with Gasteiger partial charge in [0, 0.05) is 11.6 Å². The van der Waals surface area contributed by atoms with Crippen molar-refractivity contribution in [1.82, 2.24) is 20.0 Å². The molecule has 0 radical (unpaired) electrons. The lowest BCUT2D eigenvalue weighted by atomic mass is 10.0. The molecule has 7 heteroatoms. The summed E-state index contributed by atoms with van der Waals surface area (Å²) in [5.41, 5.74) is 3.13. The van der Waals surface area contributed by atoms with Crippen molar-refractivity contribution < 1.29 is 4.79 Å². The average molecular weight is 327 g/mol. The van der Waals surface area contributed by atoms with Crippen LogP contribution in [0.2, 0.25) is 0 Å². The number of benzene rings is 1. The second-order valence-electron chi connectivity index (χ2n) is 5.47. The van der Waals surface area contributed by atoms with E-state index in [0.717, 1.165) is 5.69 Å². The molecule has 3 aromatic rings. The molecule has 0 fully saturated rings. The van der Waals surface area contributed by atoms with E-state index in [1.165, 1.54) is 16.9 Å². The highest BCUT2D eigenvalue weighted by Crippen LogP contribution is 2.19. The summed E-state index contributed by atoms with van der Waals surface area (Å²) in [6, 6.07) is 8.10. The average Bonchev–Trinajstić information content (AvgIpc) is 3.17. The Morgan fingerprint density at radius 1 is 1.26 bits per heavy atom. The lowest BCUT2D eigenvalue weighted by molar-refractivity contribution is 0.102. The Balaban J connectivity index is 1.85. The van der Waals surface area contributed by atoms with Crippen molar-refractivity contribution in [2.75, 3.05) is 5.32 Å². The van der Waals surface area contributed by atoms with E-state index in [4.69, 9.17) is 0 Å². The number of carbonyl (C=O) groups excluding carboxylic acids is 1. The molecule has 0 aliphatic rings. The van der Waals surface area contributed by atoms with Crippen molar-refractivity contribution in [1.29, 1.82) is 0 Å². The molecule has 6 nitrogen and oxygen atoms in total. The number of rotatable bonds is 4. The fourth-order valence-corrected chi connectivity index (χ4v) is 2.75. The van der Waals surface area contributed by atoms with Crippen LogP contribution in [0.25, 0.3) is 5.69 Å². The van der Waals surface area contributed by atoms with Gasteiger partial charge >= 0.3 is 0 Å². The number of amides is 1. The van der Waals surface area contributed by atoms with E-state index in [9.17, 15) is 4.79 Å².